The van der Waals surface area contributed by atoms with Gasteiger partial charge in [0.25, 0.3) is 0 Å². The Labute approximate surface area is 146 Å². The molecule has 2 fully saturated rings. The maximum Gasteiger partial charge on any atom is 0.306 e. The van der Waals surface area contributed by atoms with Gasteiger partial charge in [-0.05, 0) is 58.0 Å². The summed E-state index contributed by atoms with van der Waals surface area (Å²) in [7, 11) is 1.79. The number of nitrogens with one attached hydrogen (secondary N) is 2. The highest BCUT2D eigenvalue weighted by Gasteiger charge is 2.22. The second-order valence-corrected chi connectivity index (χ2v) is 6.80. The standard InChI is InChI=1S/C18H34N4O2/c1-3-22-13-7-8-15(22)14-21-18(19-2)20-12-6-11-17(23)24-16-9-4-5-10-16/h15-16H,3-14H2,1-2H3,(H2,19,20,21). The fourth-order valence-electron chi connectivity index (χ4n) is 3.67. The van der Waals surface area contributed by atoms with E-state index in [0.29, 0.717) is 12.5 Å². The highest BCUT2D eigenvalue weighted by Crippen LogP contribution is 2.21. The molecule has 0 amide bonds. The fourth-order valence-corrected chi connectivity index (χ4v) is 3.67. The summed E-state index contributed by atoms with van der Waals surface area (Å²) in [6, 6.07) is 0.606. The van der Waals surface area contributed by atoms with Crippen LogP contribution in [0.1, 0.15) is 58.3 Å². The molecule has 0 aromatic rings. The fraction of sp³-hybridized carbons (Fsp3) is 0.889. The minimum Gasteiger partial charge on any atom is -0.462 e. The van der Waals surface area contributed by atoms with Crippen molar-refractivity contribution in [3.05, 3.63) is 0 Å². The first-order chi connectivity index (χ1) is 11.7. The lowest BCUT2D eigenvalue weighted by Crippen LogP contribution is -2.45. The predicted molar refractivity (Wildman–Crippen MR) is 97.2 cm³/mol. The Balaban J connectivity index is 1.55. The number of likely N-dealkylation sites (N-methyl/N-ethyl adjacent to an activating group) is 1. The van der Waals surface area contributed by atoms with Gasteiger partial charge < -0.3 is 15.4 Å². The smallest absolute Gasteiger partial charge is 0.306 e. The molecule has 1 atom stereocenters. The van der Waals surface area contributed by atoms with Crippen molar-refractivity contribution in [2.45, 2.75) is 70.4 Å². The number of hydrogen-bond donors (Lipinski definition) is 2. The Morgan fingerprint density at radius 1 is 1.21 bits per heavy atom. The predicted octanol–water partition coefficient (Wildman–Crippen LogP) is 1.90. The summed E-state index contributed by atoms with van der Waals surface area (Å²) in [5.74, 6) is 0.762. The Kier molecular flexibility index (Phi) is 8.36. The van der Waals surface area contributed by atoms with Crippen molar-refractivity contribution in [3.8, 4) is 0 Å². The van der Waals surface area contributed by atoms with Crippen molar-refractivity contribution in [1.29, 1.82) is 0 Å². The molecule has 1 aliphatic heterocycles. The number of carbonyl (C=O) groups is 1. The molecule has 0 bridgehead atoms. The van der Waals surface area contributed by atoms with Gasteiger partial charge in [-0.3, -0.25) is 14.7 Å². The van der Waals surface area contributed by atoms with E-state index in [0.717, 1.165) is 44.9 Å². The van der Waals surface area contributed by atoms with Gasteiger partial charge in [-0.15, -0.1) is 0 Å². The van der Waals surface area contributed by atoms with E-state index in [9.17, 15) is 4.79 Å². The van der Waals surface area contributed by atoms with Crippen LogP contribution in [0.25, 0.3) is 0 Å². The van der Waals surface area contributed by atoms with Crippen molar-refractivity contribution in [2.75, 3.05) is 33.2 Å². The monoisotopic (exact) mass is 338 g/mol. The van der Waals surface area contributed by atoms with Gasteiger partial charge in [0.1, 0.15) is 6.10 Å². The molecule has 2 rings (SSSR count). The highest BCUT2D eigenvalue weighted by atomic mass is 16.5. The second-order valence-electron chi connectivity index (χ2n) is 6.80. The van der Waals surface area contributed by atoms with Crippen molar-refractivity contribution >= 4 is 11.9 Å². The maximum absolute atomic E-state index is 11.8. The normalized spacial score (nSPS) is 22.8. The first-order valence-electron chi connectivity index (χ1n) is 9.61. The van der Waals surface area contributed by atoms with Crippen LogP contribution in [-0.2, 0) is 9.53 Å². The van der Waals surface area contributed by atoms with E-state index in [1.807, 2.05) is 0 Å². The zero-order valence-electron chi connectivity index (χ0n) is 15.4. The average molecular weight is 338 g/mol. The minimum absolute atomic E-state index is 0.0591. The molecule has 0 aromatic heterocycles. The molecule has 1 aliphatic carbocycles. The van der Waals surface area contributed by atoms with E-state index in [4.69, 9.17) is 4.74 Å². The second kappa shape index (κ2) is 10.5. The zero-order valence-corrected chi connectivity index (χ0v) is 15.4. The van der Waals surface area contributed by atoms with Crippen LogP contribution in [0.3, 0.4) is 0 Å². The third kappa shape index (κ3) is 6.30. The Morgan fingerprint density at radius 3 is 2.71 bits per heavy atom. The molecular formula is C18H34N4O2. The Hall–Kier alpha value is -1.30. The first-order valence-corrected chi connectivity index (χ1v) is 9.61. The summed E-state index contributed by atoms with van der Waals surface area (Å²) >= 11 is 0. The molecule has 1 saturated carbocycles. The maximum atomic E-state index is 11.8. The van der Waals surface area contributed by atoms with Crippen LogP contribution in [-0.4, -0.2) is 62.2 Å². The van der Waals surface area contributed by atoms with Gasteiger partial charge in [0, 0.05) is 32.6 Å². The number of carbonyl (C=O) groups excluding carboxylic acids is 1. The lowest BCUT2D eigenvalue weighted by molar-refractivity contribution is -0.148. The number of likely N-dealkylation sites (tertiary alicyclic amines) is 1. The molecule has 24 heavy (non-hydrogen) atoms. The molecule has 2 N–H and O–H groups in total. The number of aliphatic imine (C=N–C) groups is 1. The lowest BCUT2D eigenvalue weighted by Gasteiger charge is -2.24. The molecular weight excluding hydrogens is 304 g/mol. The summed E-state index contributed by atoms with van der Waals surface area (Å²) in [6.07, 6.45) is 8.43. The van der Waals surface area contributed by atoms with Gasteiger partial charge in [0.15, 0.2) is 5.96 Å². The number of hydrogen-bond acceptors (Lipinski definition) is 4. The van der Waals surface area contributed by atoms with Crippen LogP contribution >= 0.6 is 0 Å². The SMILES string of the molecule is CCN1CCCC1CNC(=NC)NCCCC(=O)OC1CCCC1. The topological polar surface area (TPSA) is 66.0 Å². The van der Waals surface area contributed by atoms with Crippen LogP contribution < -0.4 is 10.6 Å². The number of guanidine groups is 1. The van der Waals surface area contributed by atoms with E-state index in [2.05, 4.69) is 27.4 Å². The first kappa shape index (κ1) is 19.0. The molecule has 0 aromatic carbocycles. The summed E-state index contributed by atoms with van der Waals surface area (Å²) in [6.45, 7) is 6.20. The Morgan fingerprint density at radius 2 is 2.00 bits per heavy atom. The summed E-state index contributed by atoms with van der Waals surface area (Å²) in [4.78, 5) is 18.6. The third-order valence-electron chi connectivity index (χ3n) is 5.08. The number of esters is 1. The van der Waals surface area contributed by atoms with E-state index in [1.165, 1.54) is 32.2 Å². The molecule has 138 valence electrons. The average Bonchev–Trinajstić information content (AvgIpc) is 3.25. The minimum atomic E-state index is -0.0591. The molecule has 1 heterocycles. The number of ether oxygens (including phenoxy) is 1. The highest BCUT2D eigenvalue weighted by molar-refractivity contribution is 5.79. The number of nitrogens with zero attached hydrogens (tertiary/aromatic N) is 2. The Bertz CT molecular complexity index is 408. The van der Waals surface area contributed by atoms with Crippen molar-refractivity contribution < 1.29 is 9.53 Å². The van der Waals surface area contributed by atoms with E-state index >= 15 is 0 Å². The van der Waals surface area contributed by atoms with Crippen molar-refractivity contribution in [3.63, 3.8) is 0 Å². The molecule has 0 radical (unpaired) electrons. The van der Waals surface area contributed by atoms with Crippen LogP contribution in [0.2, 0.25) is 0 Å². The molecule has 1 unspecified atom stereocenters. The van der Waals surface area contributed by atoms with Gasteiger partial charge >= 0.3 is 5.97 Å². The van der Waals surface area contributed by atoms with Crippen molar-refractivity contribution in [1.82, 2.24) is 15.5 Å². The molecule has 1 saturated heterocycles. The lowest BCUT2D eigenvalue weighted by atomic mass is 10.2. The van der Waals surface area contributed by atoms with Gasteiger partial charge in [0.05, 0.1) is 0 Å². The van der Waals surface area contributed by atoms with E-state index < -0.39 is 0 Å². The third-order valence-corrected chi connectivity index (χ3v) is 5.08. The molecule has 6 nitrogen and oxygen atoms in total. The van der Waals surface area contributed by atoms with Gasteiger partial charge in [0.2, 0.25) is 0 Å². The van der Waals surface area contributed by atoms with Gasteiger partial charge in [-0.1, -0.05) is 6.92 Å². The van der Waals surface area contributed by atoms with Gasteiger partial charge in [-0.2, -0.15) is 0 Å². The molecule has 2 aliphatic rings. The van der Waals surface area contributed by atoms with Crippen LogP contribution in [0.5, 0.6) is 0 Å². The summed E-state index contributed by atoms with van der Waals surface area (Å²) in [5, 5.41) is 6.69. The van der Waals surface area contributed by atoms with Crippen molar-refractivity contribution in [2.24, 2.45) is 4.99 Å². The van der Waals surface area contributed by atoms with Crippen LogP contribution in [0.15, 0.2) is 4.99 Å². The van der Waals surface area contributed by atoms with E-state index in [-0.39, 0.29) is 12.1 Å². The molecule has 6 heteroatoms. The van der Waals surface area contributed by atoms with Crippen LogP contribution in [0.4, 0.5) is 0 Å². The zero-order chi connectivity index (χ0) is 17.2. The number of rotatable bonds is 8. The quantitative estimate of drug-likeness (QED) is 0.306. The summed E-state index contributed by atoms with van der Waals surface area (Å²) in [5.41, 5.74) is 0. The molecule has 0 spiro atoms. The van der Waals surface area contributed by atoms with E-state index in [1.54, 1.807) is 7.05 Å². The summed E-state index contributed by atoms with van der Waals surface area (Å²) < 4.78 is 5.47. The van der Waals surface area contributed by atoms with Crippen LogP contribution in [0, 0.1) is 0 Å². The largest absolute Gasteiger partial charge is 0.462 e. The van der Waals surface area contributed by atoms with Gasteiger partial charge in [-0.25, -0.2) is 0 Å².